The van der Waals surface area contributed by atoms with Crippen LogP contribution in [0.5, 0.6) is 0 Å². The lowest BCUT2D eigenvalue weighted by molar-refractivity contribution is 0.104. The first kappa shape index (κ1) is 12.4. The van der Waals surface area contributed by atoms with Crippen molar-refractivity contribution in [3.8, 4) is 0 Å². The predicted molar refractivity (Wildman–Crippen MR) is 74.2 cm³/mol. The highest BCUT2D eigenvalue weighted by atomic mass is 16.3. The van der Waals surface area contributed by atoms with Gasteiger partial charge in [0.15, 0.2) is 5.65 Å². The second kappa shape index (κ2) is 5.17. The molecule has 1 aliphatic rings. The number of pyridine rings is 1. The molecule has 1 fully saturated rings. The molecule has 0 bridgehead atoms. The molecule has 2 aromatic heterocycles. The molecule has 0 spiro atoms. The molecule has 0 radical (unpaired) electrons. The molecule has 1 saturated carbocycles. The molecule has 2 N–H and O–H groups in total. The van der Waals surface area contributed by atoms with Gasteiger partial charge in [0, 0.05) is 12.2 Å². The molecule has 5 heteroatoms. The van der Waals surface area contributed by atoms with Crippen molar-refractivity contribution in [3.63, 3.8) is 0 Å². The summed E-state index contributed by atoms with van der Waals surface area (Å²) in [6.45, 7) is 2.86. The molecule has 5 nitrogen and oxygen atoms in total. The van der Waals surface area contributed by atoms with Crippen molar-refractivity contribution in [2.75, 3.05) is 11.9 Å². The molecule has 2 aromatic rings. The summed E-state index contributed by atoms with van der Waals surface area (Å²) in [4.78, 5) is 4.46. The number of aliphatic hydroxyl groups is 1. The zero-order chi connectivity index (χ0) is 13.2. The summed E-state index contributed by atoms with van der Waals surface area (Å²) in [6.07, 6.45) is 4.00. The Morgan fingerprint density at radius 1 is 1.42 bits per heavy atom. The lowest BCUT2D eigenvalue weighted by atomic mass is 9.87. The van der Waals surface area contributed by atoms with Gasteiger partial charge in [-0.2, -0.15) is 4.98 Å². The summed E-state index contributed by atoms with van der Waals surface area (Å²) in [5, 5.41) is 17.4. The smallest absolute Gasteiger partial charge is 0.243 e. The fourth-order valence-electron chi connectivity index (χ4n) is 2.79. The highest BCUT2D eigenvalue weighted by Crippen LogP contribution is 2.24. The Bertz CT molecular complexity index is 566. The van der Waals surface area contributed by atoms with Gasteiger partial charge in [-0.1, -0.05) is 12.5 Å². The van der Waals surface area contributed by atoms with Crippen LogP contribution in [-0.2, 0) is 0 Å². The van der Waals surface area contributed by atoms with Crippen molar-refractivity contribution < 1.29 is 5.11 Å². The van der Waals surface area contributed by atoms with Gasteiger partial charge in [-0.3, -0.25) is 0 Å². The van der Waals surface area contributed by atoms with E-state index in [0.29, 0.717) is 11.9 Å². The number of hydrogen-bond donors (Lipinski definition) is 2. The van der Waals surface area contributed by atoms with E-state index in [1.165, 1.54) is 6.42 Å². The second-order valence-electron chi connectivity index (χ2n) is 5.44. The molecule has 1 aliphatic carbocycles. The van der Waals surface area contributed by atoms with Crippen LogP contribution in [0, 0.1) is 12.8 Å². The second-order valence-corrected chi connectivity index (χ2v) is 5.44. The van der Waals surface area contributed by atoms with Gasteiger partial charge in [0.1, 0.15) is 0 Å². The van der Waals surface area contributed by atoms with E-state index in [9.17, 15) is 5.11 Å². The summed E-state index contributed by atoms with van der Waals surface area (Å²) < 4.78 is 1.85. The van der Waals surface area contributed by atoms with Crippen molar-refractivity contribution in [2.45, 2.75) is 38.7 Å². The lowest BCUT2D eigenvalue weighted by Crippen LogP contribution is -2.25. The van der Waals surface area contributed by atoms with Gasteiger partial charge in [-0.05, 0) is 44.2 Å². The van der Waals surface area contributed by atoms with E-state index in [2.05, 4.69) is 15.4 Å². The number of aryl methyl sites for hydroxylation is 1. The van der Waals surface area contributed by atoms with Crippen molar-refractivity contribution in [3.05, 3.63) is 23.9 Å². The minimum Gasteiger partial charge on any atom is -0.393 e. The highest BCUT2D eigenvalue weighted by molar-refractivity contribution is 5.44. The van der Waals surface area contributed by atoms with E-state index >= 15 is 0 Å². The minimum absolute atomic E-state index is 0.128. The summed E-state index contributed by atoms with van der Waals surface area (Å²) in [5.74, 6) is 1.20. The van der Waals surface area contributed by atoms with E-state index in [4.69, 9.17) is 0 Å². The number of hydrogen-bond acceptors (Lipinski definition) is 4. The normalized spacial score (nSPS) is 23.7. The SMILES string of the molecule is Cc1cccc2nc(NCC3CCCC(O)C3)nn12. The maximum Gasteiger partial charge on any atom is 0.243 e. The third-order valence-corrected chi connectivity index (χ3v) is 3.85. The van der Waals surface area contributed by atoms with Crippen LogP contribution in [0.3, 0.4) is 0 Å². The Kier molecular flexibility index (Phi) is 3.38. The molecule has 2 heterocycles. The monoisotopic (exact) mass is 260 g/mol. The van der Waals surface area contributed by atoms with Crippen LogP contribution in [0.25, 0.3) is 5.65 Å². The van der Waals surface area contributed by atoms with Gasteiger partial charge in [0.2, 0.25) is 5.95 Å². The Labute approximate surface area is 112 Å². The van der Waals surface area contributed by atoms with E-state index in [1.807, 2.05) is 29.6 Å². The Balaban J connectivity index is 1.66. The third-order valence-electron chi connectivity index (χ3n) is 3.85. The van der Waals surface area contributed by atoms with Crippen LogP contribution in [0.15, 0.2) is 18.2 Å². The fraction of sp³-hybridized carbons (Fsp3) is 0.571. The summed E-state index contributed by atoms with van der Waals surface area (Å²) >= 11 is 0. The molecule has 0 saturated heterocycles. The first-order valence-electron chi connectivity index (χ1n) is 6.97. The Hall–Kier alpha value is -1.62. The minimum atomic E-state index is -0.128. The van der Waals surface area contributed by atoms with Crippen LogP contribution in [0.1, 0.15) is 31.4 Å². The van der Waals surface area contributed by atoms with Crippen molar-refractivity contribution in [1.82, 2.24) is 14.6 Å². The average Bonchev–Trinajstić information content (AvgIpc) is 2.81. The summed E-state index contributed by atoms with van der Waals surface area (Å²) in [5.41, 5.74) is 1.94. The lowest BCUT2D eigenvalue weighted by Gasteiger charge is -2.25. The fourth-order valence-corrected chi connectivity index (χ4v) is 2.79. The average molecular weight is 260 g/mol. The van der Waals surface area contributed by atoms with Gasteiger partial charge >= 0.3 is 0 Å². The number of fused-ring (bicyclic) bond motifs is 1. The van der Waals surface area contributed by atoms with Crippen molar-refractivity contribution in [2.24, 2.45) is 5.92 Å². The molecule has 0 aliphatic heterocycles. The van der Waals surface area contributed by atoms with Crippen molar-refractivity contribution >= 4 is 11.6 Å². The summed E-state index contributed by atoms with van der Waals surface area (Å²) in [6, 6.07) is 5.96. The van der Waals surface area contributed by atoms with E-state index in [0.717, 1.165) is 37.1 Å². The van der Waals surface area contributed by atoms with Crippen LogP contribution in [-0.4, -0.2) is 32.4 Å². The topological polar surface area (TPSA) is 62.5 Å². The van der Waals surface area contributed by atoms with Gasteiger partial charge in [0.25, 0.3) is 0 Å². The molecule has 0 amide bonds. The first-order chi connectivity index (χ1) is 9.22. The van der Waals surface area contributed by atoms with Gasteiger partial charge in [-0.15, -0.1) is 5.10 Å². The van der Waals surface area contributed by atoms with Crippen LogP contribution in [0.2, 0.25) is 0 Å². The molecule has 0 aromatic carbocycles. The number of aliphatic hydroxyl groups excluding tert-OH is 1. The molecule has 2 unspecified atom stereocenters. The predicted octanol–water partition coefficient (Wildman–Crippen LogP) is 2.00. The highest BCUT2D eigenvalue weighted by Gasteiger charge is 2.20. The largest absolute Gasteiger partial charge is 0.393 e. The van der Waals surface area contributed by atoms with Crippen LogP contribution >= 0.6 is 0 Å². The number of aromatic nitrogens is 3. The molecular weight excluding hydrogens is 240 g/mol. The molecular formula is C14H20N4O. The third kappa shape index (κ3) is 2.71. The number of anilines is 1. The van der Waals surface area contributed by atoms with E-state index < -0.39 is 0 Å². The summed E-state index contributed by atoms with van der Waals surface area (Å²) in [7, 11) is 0. The van der Waals surface area contributed by atoms with Gasteiger partial charge in [0.05, 0.1) is 6.10 Å². The van der Waals surface area contributed by atoms with Crippen molar-refractivity contribution in [1.29, 1.82) is 0 Å². The van der Waals surface area contributed by atoms with E-state index in [1.54, 1.807) is 0 Å². The Morgan fingerprint density at radius 3 is 3.11 bits per heavy atom. The molecule has 102 valence electrons. The van der Waals surface area contributed by atoms with Crippen LogP contribution in [0.4, 0.5) is 5.95 Å². The maximum atomic E-state index is 9.66. The quantitative estimate of drug-likeness (QED) is 0.886. The number of nitrogens with zero attached hydrogens (tertiary/aromatic N) is 3. The first-order valence-corrected chi connectivity index (χ1v) is 6.97. The van der Waals surface area contributed by atoms with Gasteiger partial charge in [-0.25, -0.2) is 4.52 Å². The number of nitrogens with one attached hydrogen (secondary N) is 1. The maximum absolute atomic E-state index is 9.66. The van der Waals surface area contributed by atoms with Gasteiger partial charge < -0.3 is 10.4 Å². The Morgan fingerprint density at radius 2 is 2.32 bits per heavy atom. The van der Waals surface area contributed by atoms with Crippen LogP contribution < -0.4 is 5.32 Å². The molecule has 2 atom stereocenters. The molecule has 19 heavy (non-hydrogen) atoms. The zero-order valence-corrected chi connectivity index (χ0v) is 11.2. The molecule has 3 rings (SSSR count). The zero-order valence-electron chi connectivity index (χ0n) is 11.2. The standard InChI is InChI=1S/C14H20N4O/c1-10-4-2-7-13-16-14(17-18(10)13)15-9-11-5-3-6-12(19)8-11/h2,4,7,11-12,19H,3,5-6,8-9H2,1H3,(H,15,17). The van der Waals surface area contributed by atoms with E-state index in [-0.39, 0.29) is 6.10 Å². The number of rotatable bonds is 3.